The van der Waals surface area contributed by atoms with Gasteiger partial charge in [-0.1, -0.05) is 0 Å². The summed E-state index contributed by atoms with van der Waals surface area (Å²) in [5.74, 6) is 0.517. The van der Waals surface area contributed by atoms with Crippen LogP contribution in [0, 0.1) is 5.92 Å². The summed E-state index contributed by atoms with van der Waals surface area (Å²) in [5, 5.41) is 3.20. The minimum atomic E-state index is -0.418. The van der Waals surface area contributed by atoms with Crippen molar-refractivity contribution in [1.29, 1.82) is 0 Å². The summed E-state index contributed by atoms with van der Waals surface area (Å²) in [6.07, 6.45) is 1.47. The lowest BCUT2D eigenvalue weighted by Crippen LogP contribution is -2.56. The number of fused-ring (bicyclic) bond motifs is 1. The number of carbonyl (C=O) groups excluding carboxylic acids is 1. The van der Waals surface area contributed by atoms with E-state index in [9.17, 15) is 4.79 Å². The maximum atomic E-state index is 12.0. The summed E-state index contributed by atoms with van der Waals surface area (Å²) in [7, 11) is 0. The summed E-state index contributed by atoms with van der Waals surface area (Å²) >= 11 is 0. The molecule has 3 aliphatic heterocycles. The lowest BCUT2D eigenvalue weighted by Gasteiger charge is -2.41. The van der Waals surface area contributed by atoms with Gasteiger partial charge in [-0.05, 0) is 27.2 Å². The molecule has 4 aliphatic rings. The first-order valence-electron chi connectivity index (χ1n) is 6.80. The molecule has 0 aromatic carbocycles. The lowest BCUT2D eigenvalue weighted by molar-refractivity contribution is -0.104. The Labute approximate surface area is 108 Å². The van der Waals surface area contributed by atoms with Gasteiger partial charge in [0.05, 0.1) is 18.2 Å². The largest absolute Gasteiger partial charge is 0.444 e. The second-order valence-corrected chi connectivity index (χ2v) is 6.58. The van der Waals surface area contributed by atoms with Crippen LogP contribution >= 0.6 is 0 Å². The Morgan fingerprint density at radius 1 is 1.33 bits per heavy atom. The fourth-order valence-corrected chi connectivity index (χ4v) is 2.88. The van der Waals surface area contributed by atoms with Gasteiger partial charge in [-0.3, -0.25) is 0 Å². The number of rotatable bonds is 2. The van der Waals surface area contributed by atoms with E-state index in [0.717, 1.165) is 26.1 Å². The van der Waals surface area contributed by atoms with Crippen molar-refractivity contribution >= 4 is 6.09 Å². The van der Waals surface area contributed by atoms with E-state index in [-0.39, 0.29) is 18.2 Å². The quantitative estimate of drug-likeness (QED) is 0.798. The Balaban J connectivity index is 1.55. The van der Waals surface area contributed by atoms with Crippen LogP contribution in [0.25, 0.3) is 0 Å². The average molecular weight is 254 g/mol. The van der Waals surface area contributed by atoms with Crippen molar-refractivity contribution < 1.29 is 14.3 Å². The van der Waals surface area contributed by atoms with Crippen LogP contribution in [0.3, 0.4) is 0 Å². The molecule has 0 aromatic heterocycles. The van der Waals surface area contributed by atoms with Crippen LogP contribution < -0.4 is 5.32 Å². The summed E-state index contributed by atoms with van der Waals surface area (Å²) < 4.78 is 11.4. The molecule has 5 nitrogen and oxygen atoms in total. The van der Waals surface area contributed by atoms with Crippen LogP contribution in [-0.2, 0) is 9.47 Å². The van der Waals surface area contributed by atoms with Gasteiger partial charge in [-0.15, -0.1) is 0 Å². The van der Waals surface area contributed by atoms with Gasteiger partial charge in [-0.25, -0.2) is 4.79 Å². The molecular formula is C13H22N2O3. The molecule has 0 radical (unpaired) electrons. The fourth-order valence-electron chi connectivity index (χ4n) is 2.88. The molecular weight excluding hydrogens is 232 g/mol. The maximum Gasteiger partial charge on any atom is 0.410 e. The number of hydrogen-bond acceptors (Lipinski definition) is 4. The molecule has 1 amide bonds. The van der Waals surface area contributed by atoms with Gasteiger partial charge in [-0.2, -0.15) is 0 Å². The third-order valence-electron chi connectivity index (χ3n) is 3.94. The van der Waals surface area contributed by atoms with E-state index in [1.54, 1.807) is 0 Å². The highest BCUT2D eigenvalue weighted by Gasteiger charge is 2.56. The molecule has 1 saturated carbocycles. The molecule has 3 atom stereocenters. The number of ether oxygens (including phenoxy) is 2. The third-order valence-corrected chi connectivity index (χ3v) is 3.94. The van der Waals surface area contributed by atoms with Crippen molar-refractivity contribution in [3.05, 3.63) is 0 Å². The number of nitrogens with zero attached hydrogens (tertiary/aromatic N) is 1. The molecule has 5 heteroatoms. The van der Waals surface area contributed by atoms with Gasteiger partial charge in [0.15, 0.2) is 0 Å². The first-order chi connectivity index (χ1) is 8.44. The second-order valence-electron chi connectivity index (χ2n) is 6.58. The zero-order valence-corrected chi connectivity index (χ0v) is 11.3. The predicted octanol–water partition coefficient (Wildman–Crippen LogP) is 0.983. The molecule has 0 aromatic rings. The Morgan fingerprint density at radius 3 is 2.61 bits per heavy atom. The van der Waals surface area contributed by atoms with Crippen molar-refractivity contribution in [3.63, 3.8) is 0 Å². The first-order valence-corrected chi connectivity index (χ1v) is 6.80. The Morgan fingerprint density at radius 2 is 2.06 bits per heavy atom. The van der Waals surface area contributed by atoms with E-state index in [1.807, 2.05) is 25.7 Å². The van der Waals surface area contributed by atoms with Gasteiger partial charge in [0.2, 0.25) is 0 Å². The highest BCUT2D eigenvalue weighted by molar-refractivity contribution is 5.70. The lowest BCUT2D eigenvalue weighted by atomic mass is 9.82. The number of nitrogens with one attached hydrogen (secondary N) is 1. The monoisotopic (exact) mass is 254 g/mol. The van der Waals surface area contributed by atoms with Crippen LogP contribution in [-0.4, -0.2) is 54.5 Å². The van der Waals surface area contributed by atoms with E-state index in [2.05, 4.69) is 5.32 Å². The molecule has 1 N–H and O–H groups in total. The molecule has 102 valence electrons. The molecule has 3 heterocycles. The maximum absolute atomic E-state index is 12.0. The first kappa shape index (κ1) is 12.2. The van der Waals surface area contributed by atoms with Gasteiger partial charge in [0, 0.05) is 25.6 Å². The molecule has 0 spiro atoms. The standard InChI is InChI=1S/C13H22N2O3/c1-13(2,3)18-12(16)15-7-8-4-10(15)11(8)17-9-5-14-6-9/h8-11,14H,4-7H2,1-3H3/t8-,10-,11?/m0/s1. The summed E-state index contributed by atoms with van der Waals surface area (Å²) in [6.45, 7) is 8.40. The second kappa shape index (κ2) is 4.10. The van der Waals surface area contributed by atoms with Crippen molar-refractivity contribution in [2.45, 2.75) is 51.0 Å². The highest BCUT2D eigenvalue weighted by atomic mass is 16.6. The number of hydrogen-bond donors (Lipinski definition) is 1. The number of amides is 1. The Hall–Kier alpha value is -0.810. The molecule has 4 rings (SSSR count). The van der Waals surface area contributed by atoms with E-state index in [1.165, 1.54) is 0 Å². The Kier molecular flexibility index (Phi) is 2.79. The minimum Gasteiger partial charge on any atom is -0.444 e. The van der Waals surface area contributed by atoms with E-state index in [0.29, 0.717) is 12.0 Å². The van der Waals surface area contributed by atoms with Crippen LogP contribution in [0.15, 0.2) is 0 Å². The molecule has 4 fully saturated rings. The third kappa shape index (κ3) is 2.10. The molecule has 18 heavy (non-hydrogen) atoms. The minimum absolute atomic E-state index is 0.187. The average Bonchev–Trinajstić information content (AvgIpc) is 2.69. The van der Waals surface area contributed by atoms with Crippen molar-refractivity contribution in [2.24, 2.45) is 5.92 Å². The summed E-state index contributed by atoms with van der Waals surface area (Å²) in [4.78, 5) is 13.9. The smallest absolute Gasteiger partial charge is 0.410 e. The van der Waals surface area contributed by atoms with Gasteiger partial charge < -0.3 is 19.7 Å². The van der Waals surface area contributed by atoms with Crippen LogP contribution in [0.5, 0.6) is 0 Å². The molecule has 3 saturated heterocycles. The predicted molar refractivity (Wildman–Crippen MR) is 66.4 cm³/mol. The molecule has 1 unspecified atom stereocenters. The molecule has 1 aliphatic carbocycles. The van der Waals surface area contributed by atoms with Gasteiger partial charge >= 0.3 is 6.09 Å². The van der Waals surface area contributed by atoms with Crippen molar-refractivity contribution in [1.82, 2.24) is 10.2 Å². The highest BCUT2D eigenvalue weighted by Crippen LogP contribution is 2.44. The Bertz CT molecular complexity index is 349. The van der Waals surface area contributed by atoms with E-state index in [4.69, 9.17) is 9.47 Å². The summed E-state index contributed by atoms with van der Waals surface area (Å²) in [5.41, 5.74) is -0.418. The normalized spacial score (nSPS) is 35.1. The van der Waals surface area contributed by atoms with E-state index < -0.39 is 5.60 Å². The van der Waals surface area contributed by atoms with Crippen LogP contribution in [0.1, 0.15) is 27.2 Å². The number of carbonyl (C=O) groups is 1. The van der Waals surface area contributed by atoms with Crippen LogP contribution in [0.4, 0.5) is 4.79 Å². The van der Waals surface area contributed by atoms with Crippen LogP contribution in [0.2, 0.25) is 0 Å². The summed E-state index contributed by atoms with van der Waals surface area (Å²) in [6, 6.07) is 0.241. The molecule has 2 bridgehead atoms. The van der Waals surface area contributed by atoms with Crippen molar-refractivity contribution in [2.75, 3.05) is 19.6 Å². The van der Waals surface area contributed by atoms with E-state index >= 15 is 0 Å². The topological polar surface area (TPSA) is 50.8 Å². The zero-order chi connectivity index (χ0) is 12.9. The van der Waals surface area contributed by atoms with Gasteiger partial charge in [0.25, 0.3) is 0 Å². The zero-order valence-electron chi connectivity index (χ0n) is 11.3. The van der Waals surface area contributed by atoms with Gasteiger partial charge in [0.1, 0.15) is 5.60 Å². The SMILES string of the molecule is CC(C)(C)OC(=O)N1C[C@@H]2C[C@H]1C2OC1CNC1. The van der Waals surface area contributed by atoms with Crippen molar-refractivity contribution in [3.8, 4) is 0 Å². The fraction of sp³-hybridized carbons (Fsp3) is 0.923.